The van der Waals surface area contributed by atoms with Crippen LogP contribution in [0.15, 0.2) is 42.6 Å². The molecule has 0 atom stereocenters. The quantitative estimate of drug-likeness (QED) is 0.893. The molecule has 0 saturated heterocycles. The summed E-state index contributed by atoms with van der Waals surface area (Å²) >= 11 is 0. The van der Waals surface area contributed by atoms with E-state index in [1.165, 1.54) is 0 Å². The minimum atomic E-state index is 0.444. The van der Waals surface area contributed by atoms with E-state index in [9.17, 15) is 0 Å². The van der Waals surface area contributed by atoms with Crippen LogP contribution in [0, 0.1) is 0 Å². The van der Waals surface area contributed by atoms with Gasteiger partial charge in [-0.3, -0.25) is 0 Å². The van der Waals surface area contributed by atoms with Crippen molar-refractivity contribution in [2.24, 2.45) is 0 Å². The van der Waals surface area contributed by atoms with E-state index >= 15 is 0 Å². The van der Waals surface area contributed by atoms with Crippen molar-refractivity contribution in [1.29, 1.82) is 0 Å². The molecule has 0 bridgehead atoms. The maximum absolute atomic E-state index is 5.82. The highest BCUT2D eigenvalue weighted by atomic mass is 16.5. The zero-order valence-corrected chi connectivity index (χ0v) is 11.3. The van der Waals surface area contributed by atoms with Crippen LogP contribution >= 0.6 is 0 Å². The molecule has 2 N–H and O–H groups in total. The third-order valence-electron chi connectivity index (χ3n) is 2.96. The third kappa shape index (κ3) is 3.16. The number of anilines is 2. The van der Waals surface area contributed by atoms with E-state index in [2.05, 4.69) is 29.8 Å². The Kier molecular flexibility index (Phi) is 4.23. The van der Waals surface area contributed by atoms with E-state index in [0.29, 0.717) is 11.6 Å². The Bertz CT molecular complexity index is 538. The fourth-order valence-corrected chi connectivity index (χ4v) is 1.93. The number of nitrogens with two attached hydrogens (primary N) is 1. The Morgan fingerprint density at radius 1 is 1.16 bits per heavy atom. The number of nitrogen functional groups attached to an aromatic ring is 1. The van der Waals surface area contributed by atoms with Crippen LogP contribution in [-0.2, 0) is 0 Å². The van der Waals surface area contributed by atoms with Gasteiger partial charge in [-0.2, -0.15) is 0 Å². The fraction of sp³-hybridized carbons (Fsp3) is 0.267. The minimum absolute atomic E-state index is 0.444. The highest BCUT2D eigenvalue weighted by molar-refractivity contribution is 5.53. The number of nitrogens with zero attached hydrogens (tertiary/aromatic N) is 2. The van der Waals surface area contributed by atoms with Crippen molar-refractivity contribution in [2.45, 2.75) is 13.8 Å². The molecular weight excluding hydrogens is 238 g/mol. The lowest BCUT2D eigenvalue weighted by molar-refractivity contribution is 0.465. The zero-order valence-electron chi connectivity index (χ0n) is 11.3. The summed E-state index contributed by atoms with van der Waals surface area (Å²) < 4.78 is 5.73. The van der Waals surface area contributed by atoms with E-state index in [1.54, 1.807) is 18.3 Å². The molecule has 1 aromatic heterocycles. The Hall–Kier alpha value is -2.23. The van der Waals surface area contributed by atoms with Crippen LogP contribution in [0.3, 0.4) is 0 Å². The van der Waals surface area contributed by atoms with Crippen molar-refractivity contribution in [3.63, 3.8) is 0 Å². The summed E-state index contributed by atoms with van der Waals surface area (Å²) in [6, 6.07) is 11.5. The summed E-state index contributed by atoms with van der Waals surface area (Å²) in [5, 5.41) is 0. The summed E-state index contributed by atoms with van der Waals surface area (Å²) in [7, 11) is 0. The van der Waals surface area contributed by atoms with Crippen LogP contribution in [0.1, 0.15) is 13.8 Å². The Morgan fingerprint density at radius 2 is 1.95 bits per heavy atom. The molecule has 4 nitrogen and oxygen atoms in total. The number of benzene rings is 1. The summed E-state index contributed by atoms with van der Waals surface area (Å²) in [5.74, 6) is 1.19. The van der Waals surface area contributed by atoms with Gasteiger partial charge in [-0.15, -0.1) is 0 Å². The van der Waals surface area contributed by atoms with E-state index < -0.39 is 0 Å². The number of hydrogen-bond acceptors (Lipinski definition) is 4. The van der Waals surface area contributed by atoms with Gasteiger partial charge >= 0.3 is 0 Å². The van der Waals surface area contributed by atoms with Crippen molar-refractivity contribution in [3.05, 3.63) is 42.6 Å². The zero-order chi connectivity index (χ0) is 13.7. The highest BCUT2D eigenvalue weighted by Gasteiger charge is 2.06. The van der Waals surface area contributed by atoms with Crippen LogP contribution in [-0.4, -0.2) is 18.1 Å². The van der Waals surface area contributed by atoms with Gasteiger partial charge in [0.2, 0.25) is 5.88 Å². The SMILES string of the molecule is CCN(CC)c1cccc(Oc2ncccc2N)c1. The molecule has 0 unspecified atom stereocenters. The van der Waals surface area contributed by atoms with Crippen LogP contribution in [0.2, 0.25) is 0 Å². The molecule has 1 aromatic carbocycles. The molecule has 0 amide bonds. The Labute approximate surface area is 113 Å². The molecule has 0 aliphatic heterocycles. The lowest BCUT2D eigenvalue weighted by Crippen LogP contribution is -2.21. The Balaban J connectivity index is 2.22. The van der Waals surface area contributed by atoms with Crippen LogP contribution < -0.4 is 15.4 Å². The molecule has 2 aromatic rings. The lowest BCUT2D eigenvalue weighted by Gasteiger charge is -2.21. The molecule has 0 radical (unpaired) electrons. The van der Waals surface area contributed by atoms with Crippen LogP contribution in [0.25, 0.3) is 0 Å². The van der Waals surface area contributed by atoms with E-state index in [0.717, 1.165) is 24.5 Å². The first-order valence-corrected chi connectivity index (χ1v) is 6.48. The number of rotatable bonds is 5. The van der Waals surface area contributed by atoms with Crippen molar-refractivity contribution < 1.29 is 4.74 Å². The molecule has 0 fully saturated rings. The van der Waals surface area contributed by atoms with Gasteiger partial charge in [0, 0.05) is 31.0 Å². The van der Waals surface area contributed by atoms with Gasteiger partial charge in [-0.05, 0) is 38.1 Å². The second-order valence-corrected chi connectivity index (χ2v) is 4.17. The van der Waals surface area contributed by atoms with Crippen molar-refractivity contribution in [3.8, 4) is 11.6 Å². The Morgan fingerprint density at radius 3 is 2.63 bits per heavy atom. The first-order chi connectivity index (χ1) is 9.24. The first kappa shape index (κ1) is 13.2. The van der Waals surface area contributed by atoms with Gasteiger partial charge < -0.3 is 15.4 Å². The van der Waals surface area contributed by atoms with Gasteiger partial charge in [0.1, 0.15) is 5.75 Å². The molecule has 1 heterocycles. The summed E-state index contributed by atoms with van der Waals surface area (Å²) in [5.41, 5.74) is 7.49. The van der Waals surface area contributed by atoms with Gasteiger partial charge in [0.05, 0.1) is 5.69 Å². The maximum Gasteiger partial charge on any atom is 0.242 e. The predicted octanol–water partition coefficient (Wildman–Crippen LogP) is 3.30. The smallest absolute Gasteiger partial charge is 0.242 e. The lowest BCUT2D eigenvalue weighted by atomic mass is 10.2. The first-order valence-electron chi connectivity index (χ1n) is 6.48. The average molecular weight is 257 g/mol. The molecule has 0 aliphatic rings. The number of pyridine rings is 1. The number of hydrogen-bond donors (Lipinski definition) is 1. The molecule has 0 aliphatic carbocycles. The standard InChI is InChI=1S/C15H19N3O/c1-3-18(4-2)12-7-5-8-13(11-12)19-15-14(16)9-6-10-17-15/h5-11H,3-4,16H2,1-2H3. The van der Waals surface area contributed by atoms with Crippen molar-refractivity contribution >= 4 is 11.4 Å². The topological polar surface area (TPSA) is 51.4 Å². The molecule has 0 spiro atoms. The molecule has 19 heavy (non-hydrogen) atoms. The second kappa shape index (κ2) is 6.09. The van der Waals surface area contributed by atoms with Gasteiger partial charge in [-0.25, -0.2) is 4.98 Å². The molecular formula is C15H19N3O. The minimum Gasteiger partial charge on any atom is -0.437 e. The van der Waals surface area contributed by atoms with Gasteiger partial charge in [-0.1, -0.05) is 6.07 Å². The number of ether oxygens (including phenoxy) is 1. The van der Waals surface area contributed by atoms with E-state index in [4.69, 9.17) is 10.5 Å². The maximum atomic E-state index is 5.82. The highest BCUT2D eigenvalue weighted by Crippen LogP contribution is 2.27. The van der Waals surface area contributed by atoms with Crippen LogP contribution in [0.4, 0.5) is 11.4 Å². The second-order valence-electron chi connectivity index (χ2n) is 4.17. The van der Waals surface area contributed by atoms with E-state index in [-0.39, 0.29) is 0 Å². The summed E-state index contributed by atoms with van der Waals surface area (Å²) in [6.07, 6.45) is 1.67. The average Bonchev–Trinajstić information content (AvgIpc) is 2.43. The third-order valence-corrected chi connectivity index (χ3v) is 2.96. The summed E-state index contributed by atoms with van der Waals surface area (Å²) in [6.45, 7) is 6.19. The van der Waals surface area contributed by atoms with Crippen molar-refractivity contribution in [1.82, 2.24) is 4.98 Å². The fourth-order valence-electron chi connectivity index (χ4n) is 1.93. The normalized spacial score (nSPS) is 10.2. The predicted molar refractivity (Wildman–Crippen MR) is 78.7 cm³/mol. The summed E-state index contributed by atoms with van der Waals surface area (Å²) in [4.78, 5) is 6.39. The molecule has 4 heteroatoms. The van der Waals surface area contributed by atoms with Crippen molar-refractivity contribution in [2.75, 3.05) is 23.7 Å². The molecule has 2 rings (SSSR count). The molecule has 0 saturated carbocycles. The van der Waals surface area contributed by atoms with E-state index in [1.807, 2.05) is 18.2 Å². The van der Waals surface area contributed by atoms with Gasteiger partial charge in [0.25, 0.3) is 0 Å². The largest absolute Gasteiger partial charge is 0.437 e. The van der Waals surface area contributed by atoms with Crippen LogP contribution in [0.5, 0.6) is 11.6 Å². The molecule has 100 valence electrons. The van der Waals surface area contributed by atoms with Gasteiger partial charge in [0.15, 0.2) is 0 Å². The number of aromatic nitrogens is 1. The monoisotopic (exact) mass is 257 g/mol.